The predicted octanol–water partition coefficient (Wildman–Crippen LogP) is 5.02. The fourth-order valence-corrected chi connectivity index (χ4v) is 3.08. The Morgan fingerprint density at radius 3 is 2.43 bits per heavy atom. The van der Waals surface area contributed by atoms with Gasteiger partial charge >= 0.3 is 0 Å². The minimum Gasteiger partial charge on any atom is -0.319 e. The van der Waals surface area contributed by atoms with E-state index in [1.807, 2.05) is 13.0 Å². The van der Waals surface area contributed by atoms with Gasteiger partial charge in [-0.15, -0.1) is 0 Å². The number of carbonyl (C=O) groups is 1. The fourth-order valence-electron chi connectivity index (χ4n) is 2.76. The van der Waals surface area contributed by atoms with Crippen LogP contribution in [0, 0.1) is 24.0 Å². The first-order valence-corrected chi connectivity index (χ1v) is 9.05. The highest BCUT2D eigenvalue weighted by Gasteiger charge is 2.16. The molecular weight excluding hydrogens is 403 g/mol. The molecule has 9 heteroatoms. The van der Waals surface area contributed by atoms with E-state index in [4.69, 9.17) is 23.2 Å². The van der Waals surface area contributed by atoms with Gasteiger partial charge in [-0.25, -0.2) is 0 Å². The highest BCUT2D eigenvalue weighted by atomic mass is 35.5. The second-order valence-corrected chi connectivity index (χ2v) is 7.02. The van der Waals surface area contributed by atoms with Gasteiger partial charge in [0.1, 0.15) is 0 Å². The molecule has 0 aliphatic heterocycles. The van der Waals surface area contributed by atoms with E-state index in [1.54, 1.807) is 23.7 Å². The lowest BCUT2D eigenvalue weighted by molar-refractivity contribution is -0.384. The molecular formula is C19H16Cl2N4O3. The number of aryl methyl sites for hydroxylation is 1. The van der Waals surface area contributed by atoms with Crippen molar-refractivity contribution in [3.8, 4) is 0 Å². The van der Waals surface area contributed by atoms with Crippen LogP contribution < -0.4 is 5.32 Å². The van der Waals surface area contributed by atoms with E-state index in [0.29, 0.717) is 33.5 Å². The molecule has 0 aliphatic rings. The van der Waals surface area contributed by atoms with E-state index in [0.717, 1.165) is 11.3 Å². The van der Waals surface area contributed by atoms with E-state index in [1.165, 1.54) is 24.3 Å². The number of benzene rings is 2. The molecule has 28 heavy (non-hydrogen) atoms. The maximum atomic E-state index is 12.5. The van der Waals surface area contributed by atoms with Crippen molar-refractivity contribution in [2.75, 3.05) is 5.32 Å². The van der Waals surface area contributed by atoms with Crippen molar-refractivity contribution in [2.45, 2.75) is 20.4 Å². The summed E-state index contributed by atoms with van der Waals surface area (Å²) < 4.78 is 1.76. The van der Waals surface area contributed by atoms with Crippen LogP contribution in [0.3, 0.4) is 0 Å². The lowest BCUT2D eigenvalue weighted by Gasteiger charge is -2.08. The number of carbonyl (C=O) groups excluding carboxylic acids is 1. The zero-order valence-corrected chi connectivity index (χ0v) is 16.6. The van der Waals surface area contributed by atoms with Crippen LogP contribution in [0.15, 0.2) is 42.5 Å². The third-order valence-electron chi connectivity index (χ3n) is 4.28. The molecule has 0 radical (unpaired) electrons. The van der Waals surface area contributed by atoms with Crippen LogP contribution in [-0.2, 0) is 6.54 Å². The summed E-state index contributed by atoms with van der Waals surface area (Å²) in [7, 11) is 0. The standard InChI is InChI=1S/C19H16Cl2N4O3/c1-11-18(22-19(26)14-4-6-15(7-5-14)25(27)28)12(2)24(23-11)10-13-3-8-16(20)17(21)9-13/h3-9H,10H2,1-2H3,(H,22,26). The van der Waals surface area contributed by atoms with Crippen LogP contribution in [-0.4, -0.2) is 20.6 Å². The summed E-state index contributed by atoms with van der Waals surface area (Å²) in [4.78, 5) is 22.7. The summed E-state index contributed by atoms with van der Waals surface area (Å²) in [5.74, 6) is -0.366. The Balaban J connectivity index is 1.80. The van der Waals surface area contributed by atoms with E-state index in [-0.39, 0.29) is 11.6 Å². The number of halogens is 2. The molecule has 0 aliphatic carbocycles. The number of hydrogen-bond acceptors (Lipinski definition) is 4. The van der Waals surface area contributed by atoms with Gasteiger partial charge < -0.3 is 5.32 Å². The van der Waals surface area contributed by atoms with Crippen molar-refractivity contribution in [3.05, 3.63) is 85.1 Å². The highest BCUT2D eigenvalue weighted by Crippen LogP contribution is 2.25. The van der Waals surface area contributed by atoms with Crippen molar-refractivity contribution < 1.29 is 9.72 Å². The average molecular weight is 419 g/mol. The van der Waals surface area contributed by atoms with Gasteiger partial charge in [0.25, 0.3) is 11.6 Å². The Morgan fingerprint density at radius 2 is 1.82 bits per heavy atom. The molecule has 3 rings (SSSR count). The number of nitro benzene ring substituents is 1. The molecule has 1 amide bonds. The van der Waals surface area contributed by atoms with Gasteiger partial charge in [-0.1, -0.05) is 29.3 Å². The van der Waals surface area contributed by atoms with Gasteiger partial charge in [-0.2, -0.15) is 5.10 Å². The Bertz CT molecular complexity index is 1060. The lowest BCUT2D eigenvalue weighted by atomic mass is 10.2. The van der Waals surface area contributed by atoms with Crippen molar-refractivity contribution in [3.63, 3.8) is 0 Å². The van der Waals surface area contributed by atoms with E-state index in [9.17, 15) is 14.9 Å². The SMILES string of the molecule is Cc1nn(Cc2ccc(Cl)c(Cl)c2)c(C)c1NC(=O)c1ccc([N+](=O)[O-])cc1. The van der Waals surface area contributed by atoms with Crippen LogP contribution in [0.5, 0.6) is 0 Å². The molecule has 144 valence electrons. The van der Waals surface area contributed by atoms with Gasteiger partial charge in [0.05, 0.1) is 38.6 Å². The number of nitrogens with one attached hydrogen (secondary N) is 1. The number of anilines is 1. The molecule has 0 saturated carbocycles. The van der Waals surface area contributed by atoms with Crippen LogP contribution in [0.2, 0.25) is 10.0 Å². The van der Waals surface area contributed by atoms with Crippen molar-refractivity contribution in [1.82, 2.24) is 9.78 Å². The molecule has 0 spiro atoms. The van der Waals surface area contributed by atoms with Gasteiger partial charge in [0.15, 0.2) is 0 Å². The van der Waals surface area contributed by atoms with E-state index in [2.05, 4.69) is 10.4 Å². The highest BCUT2D eigenvalue weighted by molar-refractivity contribution is 6.42. The molecule has 7 nitrogen and oxygen atoms in total. The molecule has 1 N–H and O–H groups in total. The zero-order valence-electron chi connectivity index (χ0n) is 15.1. The van der Waals surface area contributed by atoms with E-state index >= 15 is 0 Å². The molecule has 1 aromatic heterocycles. The number of nitrogens with zero attached hydrogens (tertiary/aromatic N) is 3. The number of rotatable bonds is 5. The predicted molar refractivity (Wildman–Crippen MR) is 108 cm³/mol. The third kappa shape index (κ3) is 4.16. The summed E-state index contributed by atoms with van der Waals surface area (Å²) in [5.41, 5.74) is 3.21. The number of amides is 1. The second kappa shape index (κ2) is 8.00. The van der Waals surface area contributed by atoms with Gasteiger partial charge in [-0.05, 0) is 43.7 Å². The first-order valence-electron chi connectivity index (χ1n) is 8.30. The van der Waals surface area contributed by atoms with Crippen molar-refractivity contribution in [2.24, 2.45) is 0 Å². The van der Waals surface area contributed by atoms with Gasteiger partial charge in [0, 0.05) is 17.7 Å². The largest absolute Gasteiger partial charge is 0.319 e. The third-order valence-corrected chi connectivity index (χ3v) is 5.02. The van der Waals surface area contributed by atoms with Gasteiger partial charge in [-0.3, -0.25) is 19.6 Å². The molecule has 0 fully saturated rings. The molecule has 1 heterocycles. The van der Waals surface area contributed by atoms with E-state index < -0.39 is 4.92 Å². The number of aromatic nitrogens is 2. The minimum atomic E-state index is -0.511. The number of hydrogen-bond donors (Lipinski definition) is 1. The Kier molecular flexibility index (Phi) is 5.67. The minimum absolute atomic E-state index is 0.0710. The molecule has 2 aromatic carbocycles. The van der Waals surface area contributed by atoms with Gasteiger partial charge in [0.2, 0.25) is 0 Å². The Labute approximate surface area is 171 Å². The number of nitro groups is 1. The molecule has 0 saturated heterocycles. The lowest BCUT2D eigenvalue weighted by Crippen LogP contribution is -2.13. The zero-order chi connectivity index (χ0) is 20.4. The van der Waals surface area contributed by atoms with Crippen molar-refractivity contribution >= 4 is 40.5 Å². The summed E-state index contributed by atoms with van der Waals surface area (Å²) in [6, 6.07) is 10.8. The second-order valence-electron chi connectivity index (χ2n) is 6.21. The molecule has 0 unspecified atom stereocenters. The monoisotopic (exact) mass is 418 g/mol. The molecule has 3 aromatic rings. The summed E-state index contributed by atoms with van der Waals surface area (Å²) in [6.45, 7) is 4.11. The first kappa shape index (κ1) is 19.9. The molecule has 0 atom stereocenters. The van der Waals surface area contributed by atoms with Crippen LogP contribution >= 0.6 is 23.2 Å². The fraction of sp³-hybridized carbons (Fsp3) is 0.158. The smallest absolute Gasteiger partial charge is 0.269 e. The number of non-ortho nitro benzene ring substituents is 1. The van der Waals surface area contributed by atoms with Crippen LogP contribution in [0.4, 0.5) is 11.4 Å². The van der Waals surface area contributed by atoms with Crippen molar-refractivity contribution in [1.29, 1.82) is 0 Å². The van der Waals surface area contributed by atoms with Crippen LogP contribution in [0.1, 0.15) is 27.3 Å². The summed E-state index contributed by atoms with van der Waals surface area (Å²) in [5, 5.41) is 19.0. The normalized spacial score (nSPS) is 10.7. The summed E-state index contributed by atoms with van der Waals surface area (Å²) in [6.07, 6.45) is 0. The Hall–Kier alpha value is -2.90. The maximum absolute atomic E-state index is 12.5. The molecule has 0 bridgehead atoms. The maximum Gasteiger partial charge on any atom is 0.269 e. The first-order chi connectivity index (χ1) is 13.3. The Morgan fingerprint density at radius 1 is 1.14 bits per heavy atom. The van der Waals surface area contributed by atoms with Crippen LogP contribution in [0.25, 0.3) is 0 Å². The summed E-state index contributed by atoms with van der Waals surface area (Å²) >= 11 is 12.0. The quantitative estimate of drug-likeness (QED) is 0.465. The average Bonchev–Trinajstić information content (AvgIpc) is 2.92. The topological polar surface area (TPSA) is 90.1 Å².